The maximum absolute atomic E-state index is 13.0. The quantitative estimate of drug-likeness (QED) is 0.784. The number of carbonyl (C=O) groups is 2. The van der Waals surface area contributed by atoms with Gasteiger partial charge in [0.2, 0.25) is 0 Å². The van der Waals surface area contributed by atoms with Crippen molar-refractivity contribution < 1.29 is 14.3 Å². The molecule has 0 N–H and O–H groups in total. The lowest BCUT2D eigenvalue weighted by Gasteiger charge is -2.36. The number of morpholine rings is 1. The van der Waals surface area contributed by atoms with Crippen LogP contribution in [0.5, 0.6) is 0 Å². The number of amides is 2. The van der Waals surface area contributed by atoms with Crippen LogP contribution >= 0.6 is 11.5 Å². The number of nitrogens with zero attached hydrogens (tertiary/aromatic N) is 4. The number of aryl methyl sites for hydroxylation is 1. The maximum Gasteiger partial charge on any atom is 0.267 e. The molecule has 1 saturated heterocycles. The lowest BCUT2D eigenvalue weighted by Crippen LogP contribution is -2.53. The smallest absolute Gasteiger partial charge is 0.267 e. The van der Waals surface area contributed by atoms with E-state index < -0.39 is 6.10 Å². The standard InChI is InChI=1S/C20H24N4O3S/c1-2-5-16-18(28-22-21-16)20(26)24-10-11-27-17(13-24)19(25)23-9-8-14-6-3-4-7-15(14)12-23/h3-4,6-7,17H,2,5,8-13H2,1H3. The Kier molecular flexibility index (Phi) is 5.68. The Morgan fingerprint density at radius 1 is 1.21 bits per heavy atom. The van der Waals surface area contributed by atoms with Crippen LogP contribution in [0, 0.1) is 0 Å². The number of aromatic nitrogens is 2. The Labute approximate surface area is 168 Å². The summed E-state index contributed by atoms with van der Waals surface area (Å²) in [4.78, 5) is 30.1. The number of hydrogen-bond acceptors (Lipinski definition) is 6. The second-order valence-corrected chi connectivity index (χ2v) is 7.94. The molecule has 2 aliphatic heterocycles. The molecule has 1 unspecified atom stereocenters. The van der Waals surface area contributed by atoms with Crippen molar-refractivity contribution in [3.05, 3.63) is 46.0 Å². The van der Waals surface area contributed by atoms with Crippen molar-refractivity contribution in [3.8, 4) is 0 Å². The predicted molar refractivity (Wildman–Crippen MR) is 105 cm³/mol. The highest BCUT2D eigenvalue weighted by molar-refractivity contribution is 7.08. The Balaban J connectivity index is 1.43. The molecule has 148 valence electrons. The van der Waals surface area contributed by atoms with E-state index in [9.17, 15) is 9.59 Å². The fourth-order valence-corrected chi connectivity index (χ4v) is 4.46. The average molecular weight is 401 g/mol. The van der Waals surface area contributed by atoms with Crippen molar-refractivity contribution in [2.75, 3.05) is 26.2 Å². The molecule has 3 heterocycles. The highest BCUT2D eigenvalue weighted by atomic mass is 32.1. The molecule has 1 aromatic carbocycles. The molecule has 28 heavy (non-hydrogen) atoms. The second kappa shape index (κ2) is 8.36. The van der Waals surface area contributed by atoms with Crippen LogP contribution < -0.4 is 0 Å². The molecule has 1 aromatic heterocycles. The summed E-state index contributed by atoms with van der Waals surface area (Å²) in [7, 11) is 0. The molecule has 2 amide bonds. The summed E-state index contributed by atoms with van der Waals surface area (Å²) in [5, 5.41) is 4.09. The van der Waals surface area contributed by atoms with Crippen LogP contribution in [0.1, 0.15) is 39.8 Å². The van der Waals surface area contributed by atoms with Crippen LogP contribution in [-0.4, -0.2) is 63.5 Å². The van der Waals surface area contributed by atoms with Crippen LogP contribution in [0.3, 0.4) is 0 Å². The van der Waals surface area contributed by atoms with Crippen LogP contribution in [0.15, 0.2) is 24.3 Å². The minimum absolute atomic E-state index is 0.0387. The first-order valence-corrected chi connectivity index (χ1v) is 10.5. The summed E-state index contributed by atoms with van der Waals surface area (Å²) in [5.41, 5.74) is 3.24. The van der Waals surface area contributed by atoms with Gasteiger partial charge in [0, 0.05) is 19.6 Å². The Morgan fingerprint density at radius 2 is 2.04 bits per heavy atom. The van der Waals surface area contributed by atoms with Crippen LogP contribution in [0.4, 0.5) is 0 Å². The van der Waals surface area contributed by atoms with Crippen molar-refractivity contribution in [1.29, 1.82) is 0 Å². The fraction of sp³-hybridized carbons (Fsp3) is 0.500. The monoisotopic (exact) mass is 400 g/mol. The third-order valence-corrected chi connectivity index (χ3v) is 6.06. The molecule has 0 bridgehead atoms. The fourth-order valence-electron chi connectivity index (χ4n) is 3.79. The summed E-state index contributed by atoms with van der Waals surface area (Å²) in [6.45, 7) is 4.45. The summed E-state index contributed by atoms with van der Waals surface area (Å²) in [6, 6.07) is 8.22. The number of carbonyl (C=O) groups excluding carboxylic acids is 2. The van der Waals surface area contributed by atoms with E-state index in [4.69, 9.17) is 4.74 Å². The maximum atomic E-state index is 13.0. The molecule has 0 aliphatic carbocycles. The lowest BCUT2D eigenvalue weighted by atomic mass is 9.99. The number of hydrogen-bond donors (Lipinski definition) is 0. The van der Waals surface area contributed by atoms with E-state index in [0.29, 0.717) is 31.1 Å². The lowest BCUT2D eigenvalue weighted by molar-refractivity contribution is -0.149. The number of rotatable bonds is 4. The molecule has 2 aromatic rings. The molecule has 4 rings (SSSR count). The number of benzene rings is 1. The summed E-state index contributed by atoms with van der Waals surface area (Å²) < 4.78 is 9.69. The molecular weight excluding hydrogens is 376 g/mol. The Bertz CT molecular complexity index is 869. The largest absolute Gasteiger partial charge is 0.365 e. The Morgan fingerprint density at radius 3 is 2.86 bits per heavy atom. The van der Waals surface area contributed by atoms with Crippen molar-refractivity contribution in [2.24, 2.45) is 0 Å². The van der Waals surface area contributed by atoms with Gasteiger partial charge in [0.05, 0.1) is 18.8 Å². The van der Waals surface area contributed by atoms with E-state index in [2.05, 4.69) is 21.7 Å². The number of fused-ring (bicyclic) bond motifs is 1. The molecule has 8 heteroatoms. The van der Waals surface area contributed by atoms with Crippen molar-refractivity contribution >= 4 is 23.3 Å². The molecule has 1 fully saturated rings. The van der Waals surface area contributed by atoms with E-state index in [1.165, 1.54) is 11.1 Å². The van der Waals surface area contributed by atoms with E-state index in [-0.39, 0.29) is 18.4 Å². The van der Waals surface area contributed by atoms with Gasteiger partial charge >= 0.3 is 0 Å². The zero-order chi connectivity index (χ0) is 19.5. The minimum atomic E-state index is -0.613. The highest BCUT2D eigenvalue weighted by Gasteiger charge is 2.34. The first-order valence-electron chi connectivity index (χ1n) is 9.75. The van der Waals surface area contributed by atoms with Gasteiger partial charge < -0.3 is 14.5 Å². The average Bonchev–Trinajstić information content (AvgIpc) is 3.21. The summed E-state index contributed by atoms with van der Waals surface area (Å²) in [6.07, 6.45) is 1.88. The van der Waals surface area contributed by atoms with Crippen LogP contribution in [0.2, 0.25) is 0 Å². The van der Waals surface area contributed by atoms with E-state index in [1.54, 1.807) is 4.90 Å². The zero-order valence-electron chi connectivity index (χ0n) is 16.0. The van der Waals surface area contributed by atoms with E-state index in [1.807, 2.05) is 24.0 Å². The third kappa shape index (κ3) is 3.79. The van der Waals surface area contributed by atoms with Crippen molar-refractivity contribution in [3.63, 3.8) is 0 Å². The van der Waals surface area contributed by atoms with Crippen molar-refractivity contribution in [1.82, 2.24) is 19.4 Å². The molecule has 0 radical (unpaired) electrons. The molecule has 1 atom stereocenters. The second-order valence-electron chi connectivity index (χ2n) is 7.19. The molecule has 7 nitrogen and oxygen atoms in total. The van der Waals surface area contributed by atoms with Gasteiger partial charge in [-0.3, -0.25) is 9.59 Å². The van der Waals surface area contributed by atoms with Gasteiger partial charge in [-0.15, -0.1) is 5.10 Å². The summed E-state index contributed by atoms with van der Waals surface area (Å²) in [5.74, 6) is -0.133. The van der Waals surface area contributed by atoms with Crippen molar-refractivity contribution in [2.45, 2.75) is 38.8 Å². The third-order valence-electron chi connectivity index (χ3n) is 5.31. The molecule has 0 spiro atoms. The first-order chi connectivity index (χ1) is 13.7. The molecular formula is C20H24N4O3S. The summed E-state index contributed by atoms with van der Waals surface area (Å²) >= 11 is 1.13. The van der Waals surface area contributed by atoms with Crippen LogP contribution in [0.25, 0.3) is 0 Å². The van der Waals surface area contributed by atoms with Gasteiger partial charge in [-0.25, -0.2) is 0 Å². The van der Waals surface area contributed by atoms with Gasteiger partial charge in [0.1, 0.15) is 4.88 Å². The zero-order valence-corrected chi connectivity index (χ0v) is 16.8. The highest BCUT2D eigenvalue weighted by Crippen LogP contribution is 2.22. The predicted octanol–water partition coefficient (Wildman–Crippen LogP) is 1.92. The SMILES string of the molecule is CCCc1nnsc1C(=O)N1CCOC(C(=O)N2CCc3ccccc3C2)C1. The van der Waals surface area contributed by atoms with Crippen LogP contribution in [-0.2, 0) is 28.9 Å². The van der Waals surface area contributed by atoms with Gasteiger partial charge in [0.25, 0.3) is 11.8 Å². The first kappa shape index (κ1) is 19.0. The van der Waals surface area contributed by atoms with Gasteiger partial charge in [-0.2, -0.15) is 0 Å². The van der Waals surface area contributed by atoms with E-state index >= 15 is 0 Å². The number of ether oxygens (including phenoxy) is 1. The Hall–Kier alpha value is -2.32. The normalized spacial score (nSPS) is 19.4. The molecule has 0 saturated carbocycles. The minimum Gasteiger partial charge on any atom is -0.365 e. The van der Waals surface area contributed by atoms with Gasteiger partial charge in [-0.1, -0.05) is 42.1 Å². The van der Waals surface area contributed by atoms with Gasteiger partial charge in [-0.05, 0) is 35.5 Å². The topological polar surface area (TPSA) is 75.6 Å². The molecule has 2 aliphatic rings. The van der Waals surface area contributed by atoms with E-state index in [0.717, 1.165) is 36.5 Å². The van der Waals surface area contributed by atoms with Gasteiger partial charge in [0.15, 0.2) is 6.10 Å².